The summed E-state index contributed by atoms with van der Waals surface area (Å²) in [5.41, 5.74) is 0.246. The smallest absolute Gasteiger partial charge is 0.148 e. The van der Waals surface area contributed by atoms with Gasteiger partial charge in [0.25, 0.3) is 0 Å². The van der Waals surface area contributed by atoms with Crippen molar-refractivity contribution in [2.75, 3.05) is 11.9 Å². The predicted molar refractivity (Wildman–Crippen MR) is 58.5 cm³/mol. The Kier molecular flexibility index (Phi) is 2.77. The lowest BCUT2D eigenvalue weighted by atomic mass is 10.2. The van der Waals surface area contributed by atoms with E-state index in [9.17, 15) is 9.50 Å². The predicted octanol–water partition coefficient (Wildman–Crippen LogP) is 2.44. The maximum absolute atomic E-state index is 13.4. The summed E-state index contributed by atoms with van der Waals surface area (Å²) in [6.45, 7) is 0.749. The lowest BCUT2D eigenvalue weighted by molar-refractivity contribution is 0.474. The number of rotatable bonds is 2. The summed E-state index contributed by atoms with van der Waals surface area (Å²) in [5.74, 6) is -0.603. The Morgan fingerprint density at radius 2 is 2.33 bits per heavy atom. The molecule has 0 bridgehead atoms. The van der Waals surface area contributed by atoms with Crippen LogP contribution in [0.3, 0.4) is 0 Å². The number of nitrogens with zero attached hydrogens (tertiary/aromatic N) is 1. The first kappa shape index (κ1) is 10.2. The zero-order valence-electron chi connectivity index (χ0n) is 7.87. The van der Waals surface area contributed by atoms with Gasteiger partial charge in [0.2, 0.25) is 0 Å². The van der Waals surface area contributed by atoms with Crippen LogP contribution in [0.2, 0.25) is 5.02 Å². The highest BCUT2D eigenvalue weighted by molar-refractivity contribution is 6.32. The molecule has 2 N–H and O–H groups in total. The molecule has 1 unspecified atom stereocenters. The molecule has 1 heterocycles. The van der Waals surface area contributed by atoms with Crippen LogP contribution in [0.4, 0.5) is 10.1 Å². The quantitative estimate of drug-likeness (QED) is 0.817. The molecule has 1 aromatic rings. The minimum Gasteiger partial charge on any atom is -0.506 e. The van der Waals surface area contributed by atoms with Crippen molar-refractivity contribution in [3.63, 3.8) is 0 Å². The molecule has 15 heavy (non-hydrogen) atoms. The lowest BCUT2D eigenvalue weighted by Crippen LogP contribution is -2.18. The van der Waals surface area contributed by atoms with Crippen LogP contribution in [-0.4, -0.2) is 23.9 Å². The Morgan fingerprint density at radius 3 is 3.00 bits per heavy atom. The first-order valence-corrected chi connectivity index (χ1v) is 4.99. The van der Waals surface area contributed by atoms with E-state index in [-0.39, 0.29) is 22.5 Å². The average molecular weight is 229 g/mol. The number of aromatic hydroxyl groups is 1. The Morgan fingerprint density at radius 1 is 1.53 bits per heavy atom. The first-order chi connectivity index (χ1) is 7.16. The molecule has 5 heteroatoms. The molecule has 0 saturated carbocycles. The van der Waals surface area contributed by atoms with Gasteiger partial charge in [-0.3, -0.25) is 4.99 Å². The topological polar surface area (TPSA) is 44.6 Å². The highest BCUT2D eigenvalue weighted by Crippen LogP contribution is 2.29. The maximum atomic E-state index is 13.4. The molecule has 1 aliphatic heterocycles. The monoisotopic (exact) mass is 228 g/mol. The van der Waals surface area contributed by atoms with E-state index >= 15 is 0 Å². The van der Waals surface area contributed by atoms with E-state index < -0.39 is 5.82 Å². The third kappa shape index (κ3) is 2.21. The molecule has 80 valence electrons. The zero-order chi connectivity index (χ0) is 10.8. The van der Waals surface area contributed by atoms with Gasteiger partial charge in [0.05, 0.1) is 16.8 Å². The number of aliphatic imine (C=N–C) groups is 1. The number of phenols is 1. The van der Waals surface area contributed by atoms with Gasteiger partial charge in [-0.15, -0.1) is 0 Å². The molecule has 0 saturated heterocycles. The third-order valence-electron chi connectivity index (χ3n) is 2.23. The van der Waals surface area contributed by atoms with E-state index in [1.807, 2.05) is 0 Å². The second kappa shape index (κ2) is 4.06. The lowest BCUT2D eigenvalue weighted by Gasteiger charge is -2.12. The van der Waals surface area contributed by atoms with E-state index in [0.717, 1.165) is 19.0 Å². The molecule has 3 nitrogen and oxygen atoms in total. The first-order valence-electron chi connectivity index (χ1n) is 4.61. The van der Waals surface area contributed by atoms with E-state index in [1.165, 1.54) is 6.07 Å². The van der Waals surface area contributed by atoms with Crippen molar-refractivity contribution in [2.45, 2.75) is 12.5 Å². The molecular weight excluding hydrogens is 219 g/mol. The van der Waals surface area contributed by atoms with Crippen LogP contribution in [0.1, 0.15) is 6.42 Å². The summed E-state index contributed by atoms with van der Waals surface area (Å²) in [6, 6.07) is 2.40. The zero-order valence-corrected chi connectivity index (χ0v) is 8.63. The van der Waals surface area contributed by atoms with E-state index in [4.69, 9.17) is 11.6 Å². The second-order valence-electron chi connectivity index (χ2n) is 3.38. The van der Waals surface area contributed by atoms with Crippen LogP contribution in [0.5, 0.6) is 5.75 Å². The normalized spacial score (nSPS) is 19.5. The standard InChI is InChI=1S/C10H10ClFN2O/c11-7-3-8(12)9(4-10(7)15)14-6-1-2-13-5-6/h3-6,14-15H,1-2H2. The summed E-state index contributed by atoms with van der Waals surface area (Å²) < 4.78 is 13.4. The molecule has 0 radical (unpaired) electrons. The van der Waals surface area contributed by atoms with Crippen LogP contribution in [0.25, 0.3) is 0 Å². The molecular formula is C10H10ClFN2O. The maximum Gasteiger partial charge on any atom is 0.148 e. The van der Waals surface area contributed by atoms with Gasteiger partial charge in [0.15, 0.2) is 0 Å². The van der Waals surface area contributed by atoms with Gasteiger partial charge >= 0.3 is 0 Å². The Labute approximate surface area is 91.6 Å². The van der Waals surface area contributed by atoms with Crippen molar-refractivity contribution in [3.05, 3.63) is 23.0 Å². The molecule has 0 aliphatic carbocycles. The molecule has 1 atom stereocenters. The second-order valence-corrected chi connectivity index (χ2v) is 3.79. The van der Waals surface area contributed by atoms with Crippen molar-refractivity contribution < 1.29 is 9.50 Å². The summed E-state index contributed by atoms with van der Waals surface area (Å²) >= 11 is 5.56. The van der Waals surface area contributed by atoms with Gasteiger partial charge in [0, 0.05) is 18.8 Å². The number of benzene rings is 1. The number of halogens is 2. The highest BCUT2D eigenvalue weighted by Gasteiger charge is 2.14. The third-order valence-corrected chi connectivity index (χ3v) is 2.53. The Bertz CT molecular complexity index is 409. The number of phenolic OH excluding ortho intramolecular Hbond substituents is 1. The number of hydrogen-bond donors (Lipinski definition) is 2. The van der Waals surface area contributed by atoms with Crippen LogP contribution in [0.15, 0.2) is 17.1 Å². The average Bonchev–Trinajstić information content (AvgIpc) is 2.67. The number of anilines is 1. The largest absolute Gasteiger partial charge is 0.506 e. The van der Waals surface area contributed by atoms with Crippen molar-refractivity contribution in [1.82, 2.24) is 0 Å². The van der Waals surface area contributed by atoms with E-state index in [2.05, 4.69) is 10.3 Å². The van der Waals surface area contributed by atoms with Crippen molar-refractivity contribution in [2.24, 2.45) is 4.99 Å². The minimum absolute atomic E-state index is 0.0122. The molecule has 0 spiro atoms. The van der Waals surface area contributed by atoms with Gasteiger partial charge in [-0.25, -0.2) is 4.39 Å². The Hall–Kier alpha value is -1.29. The summed E-state index contributed by atoms with van der Waals surface area (Å²) in [4.78, 5) is 4.03. The molecule has 1 aliphatic rings. The molecule has 2 rings (SSSR count). The van der Waals surface area contributed by atoms with Crippen molar-refractivity contribution in [1.29, 1.82) is 0 Å². The number of hydrogen-bond acceptors (Lipinski definition) is 3. The van der Waals surface area contributed by atoms with Gasteiger partial charge < -0.3 is 10.4 Å². The van der Waals surface area contributed by atoms with Crippen LogP contribution < -0.4 is 5.32 Å². The fraction of sp³-hybridized carbons (Fsp3) is 0.300. The summed E-state index contributed by atoms with van der Waals surface area (Å²) in [7, 11) is 0. The van der Waals surface area contributed by atoms with Gasteiger partial charge in [-0.2, -0.15) is 0 Å². The van der Waals surface area contributed by atoms with Gasteiger partial charge in [-0.05, 0) is 12.5 Å². The molecule has 1 aromatic carbocycles. The van der Waals surface area contributed by atoms with E-state index in [1.54, 1.807) is 6.21 Å². The fourth-order valence-corrected chi connectivity index (χ4v) is 1.60. The van der Waals surface area contributed by atoms with Crippen LogP contribution >= 0.6 is 11.6 Å². The fourth-order valence-electron chi connectivity index (χ4n) is 1.45. The minimum atomic E-state index is -0.474. The SMILES string of the molecule is Oc1cc(NC2C=NCC2)c(F)cc1Cl. The molecule has 0 fully saturated rings. The van der Waals surface area contributed by atoms with Crippen LogP contribution in [-0.2, 0) is 0 Å². The number of nitrogens with one attached hydrogen (secondary N) is 1. The Balaban J connectivity index is 2.20. The van der Waals surface area contributed by atoms with Gasteiger partial charge in [0.1, 0.15) is 11.6 Å². The van der Waals surface area contributed by atoms with Crippen molar-refractivity contribution >= 4 is 23.5 Å². The summed E-state index contributed by atoms with van der Waals surface area (Å²) in [6.07, 6.45) is 2.58. The highest BCUT2D eigenvalue weighted by atomic mass is 35.5. The molecule has 0 amide bonds. The van der Waals surface area contributed by atoms with E-state index in [0.29, 0.717) is 0 Å². The van der Waals surface area contributed by atoms with Gasteiger partial charge in [-0.1, -0.05) is 11.6 Å². The summed E-state index contributed by atoms with van der Waals surface area (Å²) in [5, 5.41) is 12.3. The van der Waals surface area contributed by atoms with Crippen LogP contribution in [0, 0.1) is 5.82 Å². The van der Waals surface area contributed by atoms with Crippen molar-refractivity contribution in [3.8, 4) is 5.75 Å². The molecule has 0 aromatic heterocycles.